The summed E-state index contributed by atoms with van der Waals surface area (Å²) in [5.74, 6) is -1.27. The molecule has 0 aliphatic rings. The van der Waals surface area contributed by atoms with Gasteiger partial charge in [0.25, 0.3) is 0 Å². The molecule has 1 heterocycles. The fourth-order valence-electron chi connectivity index (χ4n) is 3.42. The van der Waals surface area contributed by atoms with E-state index < -0.39 is 5.82 Å². The summed E-state index contributed by atoms with van der Waals surface area (Å²) in [7, 11) is 0. The van der Waals surface area contributed by atoms with Crippen molar-refractivity contribution in [3.8, 4) is 5.75 Å². The molecule has 0 saturated carbocycles. The summed E-state index contributed by atoms with van der Waals surface area (Å²) in [5.41, 5.74) is 3.71. The van der Waals surface area contributed by atoms with Crippen molar-refractivity contribution >= 4 is 16.6 Å². The van der Waals surface area contributed by atoms with Gasteiger partial charge in [-0.3, -0.25) is 0 Å². The Morgan fingerprint density at radius 1 is 0.929 bits per heavy atom. The van der Waals surface area contributed by atoms with Gasteiger partial charge in [-0.25, -0.2) is 8.78 Å². The van der Waals surface area contributed by atoms with Crippen LogP contribution in [0.4, 0.5) is 14.5 Å². The second kappa shape index (κ2) is 7.72. The first-order valence-electron chi connectivity index (χ1n) is 9.13. The Kier molecular flexibility index (Phi) is 4.98. The van der Waals surface area contributed by atoms with Gasteiger partial charge < -0.3 is 15.0 Å². The number of phenols is 1. The number of hydrogen-bond acceptors (Lipinski definition) is 2. The van der Waals surface area contributed by atoms with Crippen molar-refractivity contribution < 1.29 is 13.9 Å². The summed E-state index contributed by atoms with van der Waals surface area (Å²) >= 11 is 0. The quantitative estimate of drug-likeness (QED) is 0.471. The predicted molar refractivity (Wildman–Crippen MR) is 108 cm³/mol. The molecule has 3 nitrogen and oxygen atoms in total. The molecule has 0 aliphatic heterocycles. The Morgan fingerprint density at radius 3 is 2.54 bits per heavy atom. The molecule has 3 aromatic carbocycles. The second-order valence-electron chi connectivity index (χ2n) is 6.80. The van der Waals surface area contributed by atoms with Crippen molar-refractivity contribution in [3.63, 3.8) is 0 Å². The van der Waals surface area contributed by atoms with Crippen LogP contribution < -0.4 is 4.90 Å². The van der Waals surface area contributed by atoms with Gasteiger partial charge in [-0.1, -0.05) is 30.3 Å². The van der Waals surface area contributed by atoms with Crippen molar-refractivity contribution in [3.05, 3.63) is 95.7 Å². The summed E-state index contributed by atoms with van der Waals surface area (Å²) in [6.07, 6.45) is 2.61. The molecule has 0 saturated heterocycles. The summed E-state index contributed by atoms with van der Waals surface area (Å²) in [5, 5.41) is 10.8. The van der Waals surface area contributed by atoms with Gasteiger partial charge >= 0.3 is 0 Å². The van der Waals surface area contributed by atoms with E-state index in [1.165, 1.54) is 24.3 Å². The first kappa shape index (κ1) is 18.0. The minimum absolute atomic E-state index is 0.270. The van der Waals surface area contributed by atoms with E-state index in [4.69, 9.17) is 0 Å². The number of H-pyrrole nitrogens is 1. The Hall–Kier alpha value is -3.34. The molecule has 4 aromatic rings. The van der Waals surface area contributed by atoms with Crippen LogP contribution in [0.1, 0.15) is 11.1 Å². The average Bonchev–Trinajstić information content (AvgIpc) is 3.10. The molecule has 142 valence electrons. The van der Waals surface area contributed by atoms with Crippen LogP contribution in [0.2, 0.25) is 0 Å². The van der Waals surface area contributed by atoms with Crippen molar-refractivity contribution in [2.75, 3.05) is 11.4 Å². The molecule has 0 aliphatic carbocycles. The summed E-state index contributed by atoms with van der Waals surface area (Å²) in [4.78, 5) is 5.20. The molecule has 0 atom stereocenters. The van der Waals surface area contributed by atoms with E-state index in [-0.39, 0.29) is 11.6 Å². The van der Waals surface area contributed by atoms with Crippen LogP contribution in [-0.4, -0.2) is 16.6 Å². The van der Waals surface area contributed by atoms with Crippen molar-refractivity contribution in [2.24, 2.45) is 0 Å². The van der Waals surface area contributed by atoms with E-state index >= 15 is 0 Å². The lowest BCUT2D eigenvalue weighted by Gasteiger charge is -2.25. The number of fused-ring (bicyclic) bond motifs is 1. The van der Waals surface area contributed by atoms with E-state index in [9.17, 15) is 13.9 Å². The molecule has 0 radical (unpaired) electrons. The molecule has 4 rings (SSSR count). The number of benzene rings is 3. The maximum Gasteiger partial charge on any atom is 0.164 e. The zero-order valence-corrected chi connectivity index (χ0v) is 15.2. The summed E-state index contributed by atoms with van der Waals surface area (Å²) in [6.45, 7) is 1.28. The molecule has 0 bridgehead atoms. The second-order valence-corrected chi connectivity index (χ2v) is 6.80. The monoisotopic (exact) mass is 378 g/mol. The van der Waals surface area contributed by atoms with E-state index in [1.807, 2.05) is 36.5 Å². The van der Waals surface area contributed by atoms with Gasteiger partial charge in [0.1, 0.15) is 5.82 Å². The van der Waals surface area contributed by atoms with Crippen LogP contribution in [0, 0.1) is 11.6 Å². The topological polar surface area (TPSA) is 39.3 Å². The molecule has 2 N–H and O–H groups in total. The highest BCUT2D eigenvalue weighted by Gasteiger charge is 2.12. The average molecular weight is 378 g/mol. The predicted octanol–water partition coefficient (Wildman–Crippen LogP) is 5.40. The number of nitrogens with zero attached hydrogens (tertiary/aromatic N) is 1. The van der Waals surface area contributed by atoms with Crippen LogP contribution in [0.25, 0.3) is 10.9 Å². The molecule has 28 heavy (non-hydrogen) atoms. The maximum atomic E-state index is 13.5. The molecule has 0 fully saturated rings. The number of phenolic OH excluding ortho intramolecular Hbond substituents is 1. The van der Waals surface area contributed by atoms with Crippen molar-refractivity contribution in [1.82, 2.24) is 4.98 Å². The molecule has 0 spiro atoms. The van der Waals surface area contributed by atoms with Crippen LogP contribution in [0.5, 0.6) is 5.75 Å². The molecule has 1 aromatic heterocycles. The standard InChI is InChI=1S/C23H20F2N2O/c24-18-6-8-20-17(14-26-22(20)12-18)10-11-27(15-16-4-2-1-3-5-16)19-7-9-21(25)23(28)13-19/h1-9,12-14,26,28H,10-11,15H2. The maximum absolute atomic E-state index is 13.5. The third-order valence-electron chi connectivity index (χ3n) is 4.89. The molecule has 0 amide bonds. The number of aromatic amines is 1. The highest BCUT2D eigenvalue weighted by atomic mass is 19.1. The van der Waals surface area contributed by atoms with Crippen molar-refractivity contribution in [2.45, 2.75) is 13.0 Å². The number of rotatable bonds is 6. The van der Waals surface area contributed by atoms with Gasteiger partial charge in [0.2, 0.25) is 0 Å². The summed E-state index contributed by atoms with van der Waals surface area (Å²) < 4.78 is 26.9. The lowest BCUT2D eigenvalue weighted by Crippen LogP contribution is -2.25. The van der Waals surface area contributed by atoms with E-state index in [0.29, 0.717) is 13.1 Å². The molecule has 5 heteroatoms. The fraction of sp³-hybridized carbons (Fsp3) is 0.130. The van der Waals surface area contributed by atoms with Crippen LogP contribution in [-0.2, 0) is 13.0 Å². The van der Waals surface area contributed by atoms with E-state index in [2.05, 4.69) is 9.88 Å². The Labute approximate surface area is 161 Å². The number of aromatic nitrogens is 1. The normalized spacial score (nSPS) is 11.1. The Bertz CT molecular complexity index is 1090. The van der Waals surface area contributed by atoms with Gasteiger partial charge in [-0.2, -0.15) is 0 Å². The smallest absolute Gasteiger partial charge is 0.164 e. The third kappa shape index (κ3) is 3.83. The van der Waals surface area contributed by atoms with Gasteiger partial charge in [0.05, 0.1) is 0 Å². The first-order valence-corrected chi connectivity index (χ1v) is 9.13. The number of halogens is 2. The highest BCUT2D eigenvalue weighted by Crippen LogP contribution is 2.26. The van der Waals surface area contributed by atoms with Crippen LogP contribution >= 0.6 is 0 Å². The lowest BCUT2D eigenvalue weighted by atomic mass is 10.1. The largest absolute Gasteiger partial charge is 0.505 e. The third-order valence-corrected chi connectivity index (χ3v) is 4.89. The fourth-order valence-corrected chi connectivity index (χ4v) is 3.42. The van der Waals surface area contributed by atoms with Gasteiger partial charge in [0.15, 0.2) is 11.6 Å². The highest BCUT2D eigenvalue weighted by molar-refractivity contribution is 5.83. The van der Waals surface area contributed by atoms with Crippen molar-refractivity contribution in [1.29, 1.82) is 0 Å². The summed E-state index contributed by atoms with van der Waals surface area (Å²) in [6, 6.07) is 19.1. The molecule has 0 unspecified atom stereocenters. The Balaban J connectivity index is 1.60. The van der Waals surface area contributed by atoms with Gasteiger partial charge in [0, 0.05) is 41.9 Å². The van der Waals surface area contributed by atoms with E-state index in [0.717, 1.165) is 34.1 Å². The lowest BCUT2D eigenvalue weighted by molar-refractivity contribution is 0.432. The number of hydrogen-bond donors (Lipinski definition) is 2. The van der Waals surface area contributed by atoms with E-state index in [1.54, 1.807) is 12.1 Å². The molecular weight excluding hydrogens is 358 g/mol. The zero-order chi connectivity index (χ0) is 19.5. The van der Waals surface area contributed by atoms with Crippen LogP contribution in [0.15, 0.2) is 72.9 Å². The Morgan fingerprint density at radius 2 is 1.75 bits per heavy atom. The van der Waals surface area contributed by atoms with Crippen LogP contribution in [0.3, 0.4) is 0 Å². The SMILES string of the molecule is Oc1cc(N(CCc2c[nH]c3cc(F)ccc23)Cc2ccccc2)ccc1F. The number of anilines is 1. The minimum Gasteiger partial charge on any atom is -0.505 e. The number of aromatic hydroxyl groups is 1. The number of nitrogens with one attached hydrogen (secondary N) is 1. The zero-order valence-electron chi connectivity index (χ0n) is 15.2. The molecular formula is C23H20F2N2O. The van der Waals surface area contributed by atoms with Gasteiger partial charge in [-0.15, -0.1) is 0 Å². The first-order chi connectivity index (χ1) is 13.6. The minimum atomic E-state index is -0.637. The van der Waals surface area contributed by atoms with Gasteiger partial charge in [-0.05, 0) is 47.9 Å².